The Kier molecular flexibility index (Phi) is 4.71. The van der Waals surface area contributed by atoms with Crippen molar-refractivity contribution < 1.29 is 0 Å². The second-order valence-electron chi connectivity index (χ2n) is 6.51. The molecule has 112 valence electrons. The topological polar surface area (TPSA) is 0 Å². The summed E-state index contributed by atoms with van der Waals surface area (Å²) >= 11 is 8.64. The van der Waals surface area contributed by atoms with Crippen molar-refractivity contribution in [1.82, 2.24) is 0 Å². The van der Waals surface area contributed by atoms with Crippen LogP contribution < -0.4 is 0 Å². The molecule has 0 nitrogen and oxygen atoms in total. The predicted octanol–water partition coefficient (Wildman–Crippen LogP) is 6.15. The number of benzene rings is 1. The lowest BCUT2D eigenvalue weighted by molar-refractivity contribution is 0.647. The minimum Gasteiger partial charge on any atom is -0.143 e. The number of halogens is 1. The first-order chi connectivity index (χ1) is 10.1. The minimum atomic E-state index is 0.00806. The molecule has 1 heterocycles. The van der Waals surface area contributed by atoms with Crippen molar-refractivity contribution in [3.63, 3.8) is 0 Å². The summed E-state index contributed by atoms with van der Waals surface area (Å²) in [7, 11) is 0. The van der Waals surface area contributed by atoms with Gasteiger partial charge in [-0.1, -0.05) is 38.1 Å². The van der Waals surface area contributed by atoms with E-state index >= 15 is 0 Å². The molecule has 0 aliphatic heterocycles. The van der Waals surface area contributed by atoms with E-state index in [1.54, 1.807) is 10.4 Å². The van der Waals surface area contributed by atoms with Gasteiger partial charge < -0.3 is 0 Å². The molecule has 1 unspecified atom stereocenters. The molecule has 0 saturated carbocycles. The van der Waals surface area contributed by atoms with Gasteiger partial charge in [-0.2, -0.15) is 0 Å². The Balaban J connectivity index is 1.78. The molecule has 1 aromatic carbocycles. The number of alkyl halides is 1. The molecule has 0 spiro atoms. The van der Waals surface area contributed by atoms with E-state index in [0.29, 0.717) is 5.92 Å². The lowest BCUT2D eigenvalue weighted by Crippen LogP contribution is -1.96. The third kappa shape index (κ3) is 3.52. The van der Waals surface area contributed by atoms with Crippen molar-refractivity contribution in [2.24, 2.45) is 5.92 Å². The van der Waals surface area contributed by atoms with Gasteiger partial charge in [0.25, 0.3) is 0 Å². The van der Waals surface area contributed by atoms with Gasteiger partial charge in [0.1, 0.15) is 0 Å². The normalized spacial score (nSPS) is 16.0. The number of hydrogen-bond acceptors (Lipinski definition) is 1. The van der Waals surface area contributed by atoms with Crippen LogP contribution in [0.1, 0.15) is 58.5 Å². The van der Waals surface area contributed by atoms with Crippen molar-refractivity contribution >= 4 is 22.9 Å². The average Bonchev–Trinajstić information content (AvgIpc) is 2.90. The van der Waals surface area contributed by atoms with Gasteiger partial charge in [-0.25, -0.2) is 0 Å². The van der Waals surface area contributed by atoms with Crippen LogP contribution in [0.5, 0.6) is 0 Å². The van der Waals surface area contributed by atoms with Gasteiger partial charge >= 0.3 is 0 Å². The monoisotopic (exact) mass is 318 g/mol. The summed E-state index contributed by atoms with van der Waals surface area (Å²) in [4.78, 5) is 2.89. The quantitative estimate of drug-likeness (QED) is 0.593. The molecule has 0 amide bonds. The maximum atomic E-state index is 6.72. The second kappa shape index (κ2) is 6.54. The van der Waals surface area contributed by atoms with Gasteiger partial charge in [0.05, 0.1) is 5.38 Å². The Hall–Kier alpha value is -0.790. The summed E-state index contributed by atoms with van der Waals surface area (Å²) in [5, 5.41) is 0.00806. The van der Waals surface area contributed by atoms with Crippen LogP contribution in [-0.2, 0) is 19.3 Å². The Morgan fingerprint density at radius 2 is 1.81 bits per heavy atom. The zero-order valence-corrected chi connectivity index (χ0v) is 14.4. The molecular weight excluding hydrogens is 296 g/mol. The summed E-state index contributed by atoms with van der Waals surface area (Å²) in [6, 6.07) is 11.2. The lowest BCUT2D eigenvalue weighted by atomic mass is 9.98. The minimum absolute atomic E-state index is 0.00806. The SMILES string of the molecule is CC(C)Cc1ccc(C(Cl)c2cc3c(s2)CCCC3)cc1. The van der Waals surface area contributed by atoms with E-state index in [4.69, 9.17) is 11.6 Å². The smallest absolute Gasteiger partial charge is 0.0927 e. The van der Waals surface area contributed by atoms with Crippen LogP contribution in [-0.4, -0.2) is 0 Å². The molecular formula is C19H23ClS. The first-order valence-electron chi connectivity index (χ1n) is 7.98. The van der Waals surface area contributed by atoms with Crippen LogP contribution in [0.3, 0.4) is 0 Å². The molecule has 0 radical (unpaired) electrons. The molecule has 1 aliphatic carbocycles. The second-order valence-corrected chi connectivity index (χ2v) is 8.11. The summed E-state index contributed by atoms with van der Waals surface area (Å²) in [5.41, 5.74) is 4.18. The van der Waals surface area contributed by atoms with Crippen molar-refractivity contribution in [3.05, 3.63) is 56.8 Å². The highest BCUT2D eigenvalue weighted by atomic mass is 35.5. The largest absolute Gasteiger partial charge is 0.143 e. The highest BCUT2D eigenvalue weighted by Gasteiger charge is 2.19. The molecule has 0 N–H and O–H groups in total. The van der Waals surface area contributed by atoms with E-state index in [9.17, 15) is 0 Å². The van der Waals surface area contributed by atoms with Crippen molar-refractivity contribution in [2.45, 2.75) is 51.3 Å². The van der Waals surface area contributed by atoms with Gasteiger partial charge in [0.2, 0.25) is 0 Å². The van der Waals surface area contributed by atoms with E-state index in [0.717, 1.165) is 6.42 Å². The number of hydrogen-bond donors (Lipinski definition) is 0. The van der Waals surface area contributed by atoms with E-state index in [1.807, 2.05) is 11.3 Å². The van der Waals surface area contributed by atoms with E-state index in [-0.39, 0.29) is 5.38 Å². The Bertz CT molecular complexity index is 571. The van der Waals surface area contributed by atoms with Gasteiger partial charge in [-0.05, 0) is 60.8 Å². The van der Waals surface area contributed by atoms with Gasteiger partial charge in [0.15, 0.2) is 0 Å². The summed E-state index contributed by atoms with van der Waals surface area (Å²) in [5.74, 6) is 0.701. The molecule has 3 rings (SSSR count). The number of rotatable bonds is 4. The molecule has 0 saturated heterocycles. The van der Waals surface area contributed by atoms with Gasteiger partial charge in [0, 0.05) is 9.75 Å². The molecule has 2 aromatic rings. The number of aryl methyl sites for hydroxylation is 2. The Morgan fingerprint density at radius 1 is 1.10 bits per heavy atom. The third-order valence-electron chi connectivity index (χ3n) is 4.18. The molecule has 0 fully saturated rings. The fourth-order valence-electron chi connectivity index (χ4n) is 3.10. The summed E-state index contributed by atoms with van der Waals surface area (Å²) < 4.78 is 0. The van der Waals surface area contributed by atoms with Crippen LogP contribution in [0.4, 0.5) is 0 Å². The van der Waals surface area contributed by atoms with Crippen LogP contribution in [0.15, 0.2) is 30.3 Å². The fraction of sp³-hybridized carbons (Fsp3) is 0.474. The average molecular weight is 319 g/mol. The molecule has 0 bridgehead atoms. The van der Waals surface area contributed by atoms with Crippen LogP contribution in [0.2, 0.25) is 0 Å². The maximum Gasteiger partial charge on any atom is 0.0927 e. The standard InChI is InChI=1S/C19H23ClS/c1-13(2)11-14-7-9-15(10-8-14)19(20)18-12-16-5-3-4-6-17(16)21-18/h7-10,12-13,19H,3-6,11H2,1-2H3. The Morgan fingerprint density at radius 3 is 2.48 bits per heavy atom. The highest BCUT2D eigenvalue weighted by Crippen LogP contribution is 2.38. The summed E-state index contributed by atoms with van der Waals surface area (Å²) in [6.07, 6.45) is 6.30. The molecule has 21 heavy (non-hydrogen) atoms. The highest BCUT2D eigenvalue weighted by molar-refractivity contribution is 7.12. The lowest BCUT2D eigenvalue weighted by Gasteiger charge is -2.10. The Labute approximate surface area is 137 Å². The van der Waals surface area contributed by atoms with Gasteiger partial charge in [-0.15, -0.1) is 22.9 Å². The van der Waals surface area contributed by atoms with Crippen LogP contribution in [0, 0.1) is 5.92 Å². The third-order valence-corrected chi connectivity index (χ3v) is 6.10. The molecule has 1 aliphatic rings. The number of thiophene rings is 1. The molecule has 1 aromatic heterocycles. The van der Waals surface area contributed by atoms with Crippen molar-refractivity contribution in [3.8, 4) is 0 Å². The van der Waals surface area contributed by atoms with Crippen LogP contribution >= 0.6 is 22.9 Å². The zero-order chi connectivity index (χ0) is 14.8. The van der Waals surface area contributed by atoms with Gasteiger partial charge in [-0.3, -0.25) is 0 Å². The summed E-state index contributed by atoms with van der Waals surface area (Å²) in [6.45, 7) is 4.52. The molecule has 2 heteroatoms. The predicted molar refractivity (Wildman–Crippen MR) is 93.6 cm³/mol. The van der Waals surface area contributed by atoms with E-state index in [2.05, 4.69) is 44.2 Å². The molecule has 1 atom stereocenters. The number of fused-ring (bicyclic) bond motifs is 1. The fourth-order valence-corrected chi connectivity index (χ4v) is 4.70. The maximum absolute atomic E-state index is 6.72. The zero-order valence-electron chi connectivity index (χ0n) is 12.9. The van der Waals surface area contributed by atoms with Crippen molar-refractivity contribution in [2.75, 3.05) is 0 Å². The van der Waals surface area contributed by atoms with E-state index in [1.165, 1.54) is 41.7 Å². The first-order valence-corrected chi connectivity index (χ1v) is 9.23. The van der Waals surface area contributed by atoms with E-state index < -0.39 is 0 Å². The van der Waals surface area contributed by atoms with Crippen molar-refractivity contribution in [1.29, 1.82) is 0 Å². The van der Waals surface area contributed by atoms with Crippen LogP contribution in [0.25, 0.3) is 0 Å². The first kappa shape index (κ1) is 15.1.